The molecule has 0 aromatic heterocycles. The van der Waals surface area contributed by atoms with E-state index in [1.807, 2.05) is 0 Å². The third-order valence-corrected chi connectivity index (χ3v) is 2.47. The number of rotatable bonds is 2. The SMILES string of the molecule is N#Cc1c(C(F)(F)F)ccc(C(O)C(=O)O)c1C(F)(F)F. The normalized spacial score (nSPS) is 13.6. The minimum absolute atomic E-state index is 0.120. The number of nitriles is 1. The predicted octanol–water partition coefficient (Wildman–Crippen LogP) is 2.71. The van der Waals surface area contributed by atoms with Gasteiger partial charge in [-0.1, -0.05) is 6.07 Å². The van der Waals surface area contributed by atoms with Crippen LogP contribution in [0.15, 0.2) is 12.1 Å². The number of nitrogens with zero attached hydrogens (tertiary/aromatic N) is 1. The summed E-state index contributed by atoms with van der Waals surface area (Å²) in [7, 11) is 0. The van der Waals surface area contributed by atoms with Crippen LogP contribution in [-0.4, -0.2) is 16.2 Å². The molecule has 0 bridgehead atoms. The summed E-state index contributed by atoms with van der Waals surface area (Å²) < 4.78 is 76.4. The molecule has 1 aromatic carbocycles. The number of halogens is 6. The summed E-state index contributed by atoms with van der Waals surface area (Å²) in [6.07, 6.45) is -13.4. The van der Waals surface area contributed by atoms with Crippen LogP contribution in [0.5, 0.6) is 0 Å². The first-order valence-electron chi connectivity index (χ1n) is 5.03. The molecule has 0 aliphatic carbocycles. The number of alkyl halides is 6. The summed E-state index contributed by atoms with van der Waals surface area (Å²) in [5.74, 6) is -2.09. The van der Waals surface area contributed by atoms with Crippen molar-refractivity contribution in [3.8, 4) is 6.07 Å². The molecule has 1 aromatic rings. The van der Waals surface area contributed by atoms with E-state index in [1.54, 1.807) is 0 Å². The van der Waals surface area contributed by atoms with Crippen LogP contribution in [0.4, 0.5) is 26.3 Å². The van der Waals surface area contributed by atoms with E-state index in [1.165, 1.54) is 0 Å². The average molecular weight is 313 g/mol. The lowest BCUT2D eigenvalue weighted by molar-refractivity contribution is -0.149. The van der Waals surface area contributed by atoms with Gasteiger partial charge in [0, 0.05) is 5.56 Å². The number of aliphatic hydroxyl groups is 1. The van der Waals surface area contributed by atoms with Crippen molar-refractivity contribution in [2.75, 3.05) is 0 Å². The van der Waals surface area contributed by atoms with Crippen molar-refractivity contribution in [3.63, 3.8) is 0 Å². The molecule has 10 heteroatoms. The molecular formula is C11H5F6NO3. The maximum Gasteiger partial charge on any atom is 0.418 e. The van der Waals surface area contributed by atoms with Crippen LogP contribution in [0.1, 0.15) is 28.4 Å². The van der Waals surface area contributed by atoms with Gasteiger partial charge in [0.1, 0.15) is 6.07 Å². The zero-order valence-corrected chi connectivity index (χ0v) is 9.75. The van der Waals surface area contributed by atoms with Crippen molar-refractivity contribution in [2.24, 2.45) is 0 Å². The first-order chi connectivity index (χ1) is 9.41. The molecule has 0 saturated carbocycles. The molecule has 1 unspecified atom stereocenters. The second kappa shape index (κ2) is 5.25. The molecule has 4 nitrogen and oxygen atoms in total. The molecule has 0 heterocycles. The van der Waals surface area contributed by atoms with Crippen LogP contribution in [0.25, 0.3) is 0 Å². The second-order valence-electron chi connectivity index (χ2n) is 3.80. The van der Waals surface area contributed by atoms with Gasteiger partial charge >= 0.3 is 18.3 Å². The van der Waals surface area contributed by atoms with Crippen LogP contribution < -0.4 is 0 Å². The van der Waals surface area contributed by atoms with Gasteiger partial charge in [0.15, 0.2) is 6.10 Å². The highest BCUT2D eigenvalue weighted by atomic mass is 19.4. The monoisotopic (exact) mass is 313 g/mol. The zero-order valence-electron chi connectivity index (χ0n) is 9.75. The molecule has 0 saturated heterocycles. The molecule has 1 rings (SSSR count). The Bertz CT molecular complexity index is 614. The number of carbonyl (C=O) groups is 1. The number of carboxylic acids is 1. The van der Waals surface area contributed by atoms with Crippen molar-refractivity contribution in [1.82, 2.24) is 0 Å². The number of aliphatic carboxylic acids is 1. The first kappa shape index (κ1) is 16.8. The van der Waals surface area contributed by atoms with E-state index in [2.05, 4.69) is 0 Å². The minimum Gasteiger partial charge on any atom is -0.479 e. The topological polar surface area (TPSA) is 81.3 Å². The van der Waals surface area contributed by atoms with Crippen LogP contribution in [-0.2, 0) is 17.1 Å². The van der Waals surface area contributed by atoms with Gasteiger partial charge in [0.05, 0.1) is 16.7 Å². The van der Waals surface area contributed by atoms with E-state index in [0.717, 1.165) is 6.07 Å². The fourth-order valence-corrected chi connectivity index (χ4v) is 1.64. The Balaban J connectivity index is 3.81. The summed E-state index contributed by atoms with van der Waals surface area (Å²) in [5, 5.41) is 26.3. The van der Waals surface area contributed by atoms with Crippen molar-refractivity contribution in [2.45, 2.75) is 18.5 Å². The Hall–Kier alpha value is -2.28. The summed E-state index contributed by atoms with van der Waals surface area (Å²) in [6, 6.07) is 1.07. The number of hydrogen-bond acceptors (Lipinski definition) is 3. The number of benzene rings is 1. The molecule has 1 atom stereocenters. The molecule has 0 amide bonds. The van der Waals surface area contributed by atoms with Gasteiger partial charge < -0.3 is 10.2 Å². The number of aliphatic hydroxyl groups excluding tert-OH is 1. The molecule has 0 aliphatic rings. The van der Waals surface area contributed by atoms with Gasteiger partial charge in [0.25, 0.3) is 0 Å². The highest BCUT2D eigenvalue weighted by molar-refractivity contribution is 5.75. The Morgan fingerprint density at radius 3 is 2.00 bits per heavy atom. The maximum atomic E-state index is 12.9. The fraction of sp³-hybridized carbons (Fsp3) is 0.273. The minimum atomic E-state index is -5.45. The largest absolute Gasteiger partial charge is 0.479 e. The van der Waals surface area contributed by atoms with E-state index in [4.69, 9.17) is 15.5 Å². The molecule has 21 heavy (non-hydrogen) atoms. The van der Waals surface area contributed by atoms with Crippen molar-refractivity contribution in [3.05, 3.63) is 34.4 Å². The molecule has 114 valence electrons. The van der Waals surface area contributed by atoms with Crippen LogP contribution >= 0.6 is 0 Å². The standard InChI is InChI=1S/C11H5F6NO3/c12-10(13,14)6-2-1-4(8(19)9(20)21)7(5(6)3-18)11(15,16)17/h1-2,8,19H,(H,20,21). The van der Waals surface area contributed by atoms with E-state index >= 15 is 0 Å². The Morgan fingerprint density at radius 1 is 1.14 bits per heavy atom. The average Bonchev–Trinajstić information content (AvgIpc) is 2.33. The highest BCUT2D eigenvalue weighted by Crippen LogP contribution is 2.42. The first-order valence-corrected chi connectivity index (χ1v) is 5.03. The van der Waals surface area contributed by atoms with Crippen molar-refractivity contribution >= 4 is 5.97 Å². The smallest absolute Gasteiger partial charge is 0.418 e. The molecule has 2 N–H and O–H groups in total. The quantitative estimate of drug-likeness (QED) is 0.823. The van der Waals surface area contributed by atoms with Gasteiger partial charge in [-0.3, -0.25) is 0 Å². The van der Waals surface area contributed by atoms with Crippen molar-refractivity contribution < 1.29 is 41.4 Å². The van der Waals surface area contributed by atoms with Crippen LogP contribution in [0, 0.1) is 11.3 Å². The summed E-state index contributed by atoms with van der Waals surface area (Å²) in [6.45, 7) is 0. The fourth-order valence-electron chi connectivity index (χ4n) is 1.64. The van der Waals surface area contributed by atoms with Gasteiger partial charge in [-0.2, -0.15) is 31.6 Å². The lowest BCUT2D eigenvalue weighted by Crippen LogP contribution is -2.21. The second-order valence-corrected chi connectivity index (χ2v) is 3.80. The molecule has 0 spiro atoms. The van der Waals surface area contributed by atoms with Gasteiger partial charge in [-0.05, 0) is 6.07 Å². The molecule has 0 fully saturated rings. The van der Waals surface area contributed by atoms with E-state index < -0.39 is 46.7 Å². The summed E-state index contributed by atoms with van der Waals surface area (Å²) in [4.78, 5) is 10.5. The van der Waals surface area contributed by atoms with Gasteiger partial charge in [-0.15, -0.1) is 0 Å². The van der Waals surface area contributed by atoms with E-state index in [0.29, 0.717) is 0 Å². The molecule has 0 aliphatic heterocycles. The zero-order chi connectivity index (χ0) is 16.6. The Morgan fingerprint density at radius 2 is 1.67 bits per heavy atom. The van der Waals surface area contributed by atoms with E-state index in [9.17, 15) is 31.1 Å². The summed E-state index contributed by atoms with van der Waals surface area (Å²) >= 11 is 0. The third kappa shape index (κ3) is 3.25. The maximum absolute atomic E-state index is 12.9. The van der Waals surface area contributed by atoms with Gasteiger partial charge in [-0.25, -0.2) is 4.79 Å². The van der Waals surface area contributed by atoms with Crippen LogP contribution in [0.3, 0.4) is 0 Å². The molecular weight excluding hydrogens is 308 g/mol. The number of carboxylic acid groups (broad SMARTS) is 1. The lowest BCUT2D eigenvalue weighted by Gasteiger charge is -2.19. The van der Waals surface area contributed by atoms with E-state index in [-0.39, 0.29) is 12.1 Å². The van der Waals surface area contributed by atoms with Gasteiger partial charge in [0.2, 0.25) is 0 Å². The third-order valence-electron chi connectivity index (χ3n) is 2.47. The predicted molar refractivity (Wildman–Crippen MR) is 53.8 cm³/mol. The number of hydrogen-bond donors (Lipinski definition) is 2. The Kier molecular flexibility index (Phi) is 4.19. The van der Waals surface area contributed by atoms with Crippen LogP contribution in [0.2, 0.25) is 0 Å². The highest BCUT2D eigenvalue weighted by Gasteiger charge is 2.44. The summed E-state index contributed by atoms with van der Waals surface area (Å²) in [5.41, 5.74) is -7.10. The lowest BCUT2D eigenvalue weighted by atomic mass is 9.93. The molecule has 0 radical (unpaired) electrons. The Labute approximate surface area is 112 Å². The van der Waals surface area contributed by atoms with Crippen molar-refractivity contribution in [1.29, 1.82) is 5.26 Å².